The largest absolute Gasteiger partial charge is 0.483 e. The first kappa shape index (κ1) is 21.5. The fraction of sp³-hybridized carbons (Fsp3) is 0.423. The number of hydrogen-bond acceptors (Lipinski definition) is 5. The Balaban J connectivity index is 1.37. The Morgan fingerprint density at radius 1 is 1.15 bits per heavy atom. The van der Waals surface area contributed by atoms with Crippen LogP contribution in [0.4, 0.5) is 0 Å². The molecule has 0 N–H and O–H groups in total. The zero-order valence-electron chi connectivity index (χ0n) is 19.0. The molecule has 0 radical (unpaired) electrons. The number of ether oxygens (including phenoxy) is 1. The van der Waals surface area contributed by atoms with Gasteiger partial charge in [-0.2, -0.15) is 0 Å². The molecule has 2 atom stereocenters. The number of carbonyl (C=O) groups is 1. The number of carbonyl (C=O) groups excluding carboxylic acids is 1. The number of benzene rings is 1. The van der Waals surface area contributed by atoms with Crippen LogP contribution in [0.2, 0.25) is 0 Å². The van der Waals surface area contributed by atoms with Crippen molar-refractivity contribution in [3.8, 4) is 5.75 Å². The van der Waals surface area contributed by atoms with Gasteiger partial charge in [0.25, 0.3) is 11.5 Å². The van der Waals surface area contributed by atoms with E-state index in [1.54, 1.807) is 12.1 Å². The van der Waals surface area contributed by atoms with Crippen LogP contribution in [0.3, 0.4) is 0 Å². The molecule has 2 bridgehead atoms. The van der Waals surface area contributed by atoms with Gasteiger partial charge in [-0.3, -0.25) is 9.59 Å². The lowest BCUT2D eigenvalue weighted by Crippen LogP contribution is -2.50. The van der Waals surface area contributed by atoms with Gasteiger partial charge < -0.3 is 18.6 Å². The van der Waals surface area contributed by atoms with Crippen LogP contribution >= 0.6 is 0 Å². The van der Waals surface area contributed by atoms with Crippen molar-refractivity contribution in [2.75, 3.05) is 19.7 Å². The Labute approximate surface area is 191 Å². The second kappa shape index (κ2) is 8.54. The van der Waals surface area contributed by atoms with Crippen molar-refractivity contribution in [3.05, 3.63) is 74.0 Å². The molecule has 2 aliphatic rings. The van der Waals surface area contributed by atoms with E-state index in [9.17, 15) is 14.4 Å². The van der Waals surface area contributed by atoms with Crippen molar-refractivity contribution in [1.82, 2.24) is 9.47 Å². The zero-order chi connectivity index (χ0) is 23.1. The second-order valence-electron chi connectivity index (χ2n) is 9.26. The molecule has 2 aromatic heterocycles. The van der Waals surface area contributed by atoms with E-state index in [0.717, 1.165) is 41.5 Å². The van der Waals surface area contributed by atoms with Gasteiger partial charge in [0, 0.05) is 43.4 Å². The average molecular weight is 449 g/mol. The van der Waals surface area contributed by atoms with E-state index in [0.29, 0.717) is 31.0 Å². The Morgan fingerprint density at radius 3 is 2.82 bits per heavy atom. The predicted molar refractivity (Wildman–Crippen MR) is 125 cm³/mol. The van der Waals surface area contributed by atoms with Crippen molar-refractivity contribution < 1.29 is 13.9 Å². The van der Waals surface area contributed by atoms with Crippen LogP contribution in [0.1, 0.15) is 42.5 Å². The summed E-state index contributed by atoms with van der Waals surface area (Å²) in [6.07, 6.45) is 2.60. The minimum absolute atomic E-state index is 0.0335. The average Bonchev–Trinajstić information content (AvgIpc) is 2.77. The SMILES string of the molecule is CCCc1cc(=O)oc2cc(C)cc(OCC(=O)N3CC4CC(C3)c3cccc(=O)n3C4)c12. The third-order valence-corrected chi connectivity index (χ3v) is 6.74. The molecule has 1 saturated heterocycles. The molecule has 33 heavy (non-hydrogen) atoms. The van der Waals surface area contributed by atoms with Gasteiger partial charge in [-0.1, -0.05) is 19.4 Å². The first-order valence-corrected chi connectivity index (χ1v) is 11.6. The molecule has 5 rings (SSSR count). The van der Waals surface area contributed by atoms with Gasteiger partial charge in [-0.25, -0.2) is 4.79 Å². The van der Waals surface area contributed by atoms with Crippen LogP contribution in [-0.2, 0) is 17.8 Å². The highest BCUT2D eigenvalue weighted by Crippen LogP contribution is 2.35. The molecule has 2 unspecified atom stereocenters. The molecule has 1 amide bonds. The van der Waals surface area contributed by atoms with Gasteiger partial charge in [-0.15, -0.1) is 0 Å². The maximum Gasteiger partial charge on any atom is 0.336 e. The van der Waals surface area contributed by atoms with Gasteiger partial charge in [0.05, 0.1) is 5.39 Å². The molecule has 172 valence electrons. The number of piperidine rings is 1. The fourth-order valence-corrected chi connectivity index (χ4v) is 5.38. The summed E-state index contributed by atoms with van der Waals surface area (Å²) in [5, 5.41) is 0.763. The summed E-state index contributed by atoms with van der Waals surface area (Å²) in [7, 11) is 0. The monoisotopic (exact) mass is 448 g/mol. The highest BCUT2D eigenvalue weighted by molar-refractivity contribution is 5.88. The van der Waals surface area contributed by atoms with Crippen LogP contribution in [0.15, 0.2) is 50.4 Å². The van der Waals surface area contributed by atoms with Gasteiger partial charge >= 0.3 is 5.63 Å². The number of fused-ring (bicyclic) bond motifs is 5. The highest BCUT2D eigenvalue weighted by Gasteiger charge is 2.36. The molecule has 7 heteroatoms. The molecule has 0 aliphatic carbocycles. The van der Waals surface area contributed by atoms with Crippen molar-refractivity contribution >= 4 is 16.9 Å². The summed E-state index contributed by atoms with van der Waals surface area (Å²) >= 11 is 0. The summed E-state index contributed by atoms with van der Waals surface area (Å²) in [6.45, 7) is 5.75. The molecule has 1 fully saturated rings. The Bertz CT molecular complexity index is 1340. The first-order valence-electron chi connectivity index (χ1n) is 11.6. The standard InChI is InChI=1S/C26H28N2O5/c1-3-5-18-11-25(31)33-22-9-16(2)8-21(26(18)22)32-15-24(30)27-12-17-10-19(14-27)20-6-4-7-23(29)28(20)13-17/h4,6-9,11,17,19H,3,5,10,12-15H2,1-2H3. The summed E-state index contributed by atoms with van der Waals surface area (Å²) < 4.78 is 13.3. The summed E-state index contributed by atoms with van der Waals surface area (Å²) in [5.74, 6) is 0.936. The van der Waals surface area contributed by atoms with Crippen molar-refractivity contribution in [3.63, 3.8) is 0 Å². The lowest BCUT2D eigenvalue weighted by Gasteiger charge is -2.42. The molecule has 1 aromatic carbocycles. The van der Waals surface area contributed by atoms with Crippen molar-refractivity contribution in [2.45, 2.75) is 45.6 Å². The molecule has 2 aliphatic heterocycles. The second-order valence-corrected chi connectivity index (χ2v) is 9.26. The van der Waals surface area contributed by atoms with Crippen molar-refractivity contribution in [1.29, 1.82) is 0 Å². The lowest BCUT2D eigenvalue weighted by molar-refractivity contribution is -0.136. The van der Waals surface area contributed by atoms with Crippen LogP contribution in [0.5, 0.6) is 5.75 Å². The van der Waals surface area contributed by atoms with E-state index in [1.807, 2.05) is 34.6 Å². The smallest absolute Gasteiger partial charge is 0.336 e. The maximum atomic E-state index is 13.1. The number of rotatable bonds is 5. The topological polar surface area (TPSA) is 81.8 Å². The molecule has 7 nitrogen and oxygen atoms in total. The molecule has 3 aromatic rings. The molecule has 0 saturated carbocycles. The van der Waals surface area contributed by atoms with E-state index >= 15 is 0 Å². The lowest BCUT2D eigenvalue weighted by atomic mass is 9.83. The number of nitrogens with zero attached hydrogens (tertiary/aromatic N) is 2. The Morgan fingerprint density at radius 2 is 2.00 bits per heavy atom. The normalized spacial score (nSPS) is 19.4. The van der Waals surface area contributed by atoms with E-state index < -0.39 is 0 Å². The Hall–Kier alpha value is -3.35. The highest BCUT2D eigenvalue weighted by atomic mass is 16.5. The molecular weight excluding hydrogens is 420 g/mol. The number of likely N-dealkylation sites (tertiary alicyclic amines) is 1. The van der Waals surface area contributed by atoms with Gasteiger partial charge in [0.15, 0.2) is 6.61 Å². The van der Waals surface area contributed by atoms with Gasteiger partial charge in [0.1, 0.15) is 11.3 Å². The van der Waals surface area contributed by atoms with E-state index in [2.05, 4.69) is 6.92 Å². The third kappa shape index (κ3) is 4.08. The number of aryl methyl sites for hydroxylation is 2. The Kier molecular flexibility index (Phi) is 5.56. The molecular formula is C26H28N2O5. The minimum atomic E-state index is -0.377. The predicted octanol–water partition coefficient (Wildman–Crippen LogP) is 3.24. The van der Waals surface area contributed by atoms with E-state index in [4.69, 9.17) is 9.15 Å². The maximum absolute atomic E-state index is 13.1. The van der Waals surface area contributed by atoms with E-state index in [1.165, 1.54) is 6.07 Å². The van der Waals surface area contributed by atoms with E-state index in [-0.39, 0.29) is 35.5 Å². The molecule has 4 heterocycles. The zero-order valence-corrected chi connectivity index (χ0v) is 19.0. The number of aromatic nitrogens is 1. The molecule has 0 spiro atoms. The summed E-state index contributed by atoms with van der Waals surface area (Å²) in [5.41, 5.74) is 2.94. The minimum Gasteiger partial charge on any atom is -0.483 e. The summed E-state index contributed by atoms with van der Waals surface area (Å²) in [6, 6.07) is 10.6. The number of hydrogen-bond donors (Lipinski definition) is 0. The van der Waals surface area contributed by atoms with Gasteiger partial charge in [-0.05, 0) is 55.0 Å². The summed E-state index contributed by atoms with van der Waals surface area (Å²) in [4.78, 5) is 39.2. The van der Waals surface area contributed by atoms with Crippen LogP contribution in [-0.4, -0.2) is 35.1 Å². The van der Waals surface area contributed by atoms with Gasteiger partial charge in [0.2, 0.25) is 0 Å². The number of pyridine rings is 1. The van der Waals surface area contributed by atoms with Crippen molar-refractivity contribution in [2.24, 2.45) is 5.92 Å². The third-order valence-electron chi connectivity index (χ3n) is 6.74. The number of amides is 1. The van der Waals surface area contributed by atoms with Crippen LogP contribution < -0.4 is 15.9 Å². The quantitative estimate of drug-likeness (QED) is 0.560. The fourth-order valence-electron chi connectivity index (χ4n) is 5.38. The van der Waals surface area contributed by atoms with Crippen LogP contribution in [0, 0.1) is 12.8 Å². The van der Waals surface area contributed by atoms with Crippen LogP contribution in [0.25, 0.3) is 11.0 Å². The first-order chi connectivity index (χ1) is 15.9.